The summed E-state index contributed by atoms with van der Waals surface area (Å²) in [6.07, 6.45) is 3.40. The maximum atomic E-state index is 14.0. The highest BCUT2D eigenvalue weighted by atomic mass is 19.1. The molecular weight excluding hydrogens is 447 g/mol. The monoisotopic (exact) mass is 477 g/mol. The lowest BCUT2D eigenvalue weighted by Gasteiger charge is -2.36. The second-order valence-corrected chi connectivity index (χ2v) is 8.99. The van der Waals surface area contributed by atoms with Gasteiger partial charge < -0.3 is 15.5 Å². The van der Waals surface area contributed by atoms with Crippen molar-refractivity contribution in [3.63, 3.8) is 0 Å². The fraction of sp³-hybridized carbons (Fsp3) is 0.346. The highest BCUT2D eigenvalue weighted by molar-refractivity contribution is 6.03. The van der Waals surface area contributed by atoms with Gasteiger partial charge in [0.15, 0.2) is 11.6 Å². The zero-order chi connectivity index (χ0) is 27.4. The molecule has 1 aliphatic heterocycles. The highest BCUT2D eigenvalue weighted by Crippen LogP contribution is 2.47. The first kappa shape index (κ1) is 19.4. The average Bonchev–Trinajstić information content (AvgIpc) is 3.67. The van der Waals surface area contributed by atoms with E-state index in [4.69, 9.17) is 4.11 Å². The molecule has 5 rings (SSSR count). The molecule has 1 fully saturated rings. The molecule has 1 atom stereocenters. The Kier molecular flexibility index (Phi) is 4.84. The van der Waals surface area contributed by atoms with Gasteiger partial charge in [-0.1, -0.05) is 6.85 Å². The van der Waals surface area contributed by atoms with E-state index < -0.39 is 24.9 Å². The number of halogens is 1. The highest BCUT2D eigenvalue weighted by Gasteiger charge is 2.32. The van der Waals surface area contributed by atoms with Crippen LogP contribution >= 0.6 is 0 Å². The van der Waals surface area contributed by atoms with Crippen LogP contribution in [0.15, 0.2) is 30.6 Å². The van der Waals surface area contributed by atoms with Gasteiger partial charge in [0.05, 0.1) is 34.9 Å². The van der Waals surface area contributed by atoms with Crippen molar-refractivity contribution < 1.29 is 18.1 Å². The Morgan fingerprint density at radius 2 is 2.03 bits per heavy atom. The first-order valence-electron chi connectivity index (χ1n) is 12.9. The van der Waals surface area contributed by atoms with Crippen LogP contribution in [0.4, 0.5) is 27.4 Å². The molecule has 0 saturated heterocycles. The van der Waals surface area contributed by atoms with E-state index in [0.29, 0.717) is 22.9 Å². The van der Waals surface area contributed by atoms with Gasteiger partial charge in [-0.3, -0.25) is 14.6 Å². The van der Waals surface area contributed by atoms with E-state index in [1.165, 1.54) is 24.5 Å². The summed E-state index contributed by atoms with van der Waals surface area (Å²) in [4.78, 5) is 40.5. The van der Waals surface area contributed by atoms with Crippen molar-refractivity contribution in [2.75, 3.05) is 22.6 Å². The molecule has 3 aromatic heterocycles. The predicted octanol–water partition coefficient (Wildman–Crippen LogP) is 5.18. The van der Waals surface area contributed by atoms with Crippen LogP contribution in [-0.4, -0.2) is 33.7 Å². The topological polar surface area (TPSA) is 100 Å². The van der Waals surface area contributed by atoms with E-state index in [9.17, 15) is 14.0 Å². The van der Waals surface area contributed by atoms with Crippen LogP contribution in [0.5, 0.6) is 0 Å². The van der Waals surface area contributed by atoms with Gasteiger partial charge in [-0.15, -0.1) is 0 Å². The molecule has 0 aromatic carbocycles. The van der Waals surface area contributed by atoms with Crippen LogP contribution in [0.3, 0.4) is 0 Å². The summed E-state index contributed by atoms with van der Waals surface area (Å²) in [5, 5.41) is 5.97. The number of Topliss-reactive ketones (excluding diaryl/α,β-unsaturated/α-hetero) is 1. The third-order valence-corrected chi connectivity index (χ3v) is 6.46. The summed E-state index contributed by atoms with van der Waals surface area (Å²) in [7, 11) is 1.86. The third-order valence-electron chi connectivity index (χ3n) is 6.46. The number of ketones is 1. The lowest BCUT2D eigenvalue weighted by atomic mass is 9.93. The fourth-order valence-corrected chi connectivity index (χ4v) is 4.34. The summed E-state index contributed by atoms with van der Waals surface area (Å²) in [5.41, 5.74) is 3.77. The molecule has 0 spiro atoms. The maximum absolute atomic E-state index is 14.0. The number of aryl methyl sites for hydroxylation is 1. The Morgan fingerprint density at radius 1 is 1.23 bits per heavy atom. The molecule has 2 aliphatic rings. The molecule has 3 aromatic rings. The van der Waals surface area contributed by atoms with Gasteiger partial charge in [-0.2, -0.15) is 0 Å². The van der Waals surface area contributed by atoms with Crippen molar-refractivity contribution in [3.05, 3.63) is 53.2 Å². The predicted molar refractivity (Wildman–Crippen MR) is 132 cm³/mol. The van der Waals surface area contributed by atoms with E-state index in [1.54, 1.807) is 6.92 Å². The van der Waals surface area contributed by atoms with Crippen molar-refractivity contribution in [1.29, 1.82) is 0 Å². The van der Waals surface area contributed by atoms with E-state index in [1.807, 2.05) is 24.9 Å². The van der Waals surface area contributed by atoms with Crippen LogP contribution < -0.4 is 15.5 Å². The Bertz CT molecular complexity index is 1460. The van der Waals surface area contributed by atoms with E-state index in [2.05, 4.69) is 25.6 Å². The Hall–Kier alpha value is -3.88. The molecular formula is C26H27FN6O2. The van der Waals surface area contributed by atoms with Crippen molar-refractivity contribution in [3.8, 4) is 11.3 Å². The number of anilines is 4. The number of amides is 1. The van der Waals surface area contributed by atoms with Gasteiger partial charge >= 0.3 is 0 Å². The average molecular weight is 478 g/mol. The molecule has 35 heavy (non-hydrogen) atoms. The van der Waals surface area contributed by atoms with Gasteiger partial charge in [0, 0.05) is 52.6 Å². The first-order chi connectivity index (χ1) is 17.9. The van der Waals surface area contributed by atoms with Crippen molar-refractivity contribution in [2.24, 2.45) is 5.92 Å². The molecule has 1 amide bonds. The molecule has 8 nitrogen and oxygen atoms in total. The summed E-state index contributed by atoms with van der Waals surface area (Å²) in [6.45, 7) is 1.27. The zero-order valence-corrected chi connectivity index (χ0v) is 19.6. The van der Waals surface area contributed by atoms with Gasteiger partial charge in [-0.25, -0.2) is 14.4 Å². The van der Waals surface area contributed by atoms with Gasteiger partial charge in [0.25, 0.3) is 0 Å². The smallest absolute Gasteiger partial charge is 0.228 e. The fourth-order valence-electron chi connectivity index (χ4n) is 4.34. The number of fused-ring (bicyclic) bond motifs is 3. The van der Waals surface area contributed by atoms with Crippen molar-refractivity contribution in [1.82, 2.24) is 15.0 Å². The Labute approximate surface area is 207 Å². The molecule has 2 N–H and O–H groups in total. The van der Waals surface area contributed by atoms with Crippen LogP contribution in [0.25, 0.3) is 11.3 Å². The summed E-state index contributed by atoms with van der Waals surface area (Å²) < 4.78 is 36.6. The van der Waals surface area contributed by atoms with Crippen LogP contribution in [0.1, 0.15) is 64.8 Å². The second kappa shape index (κ2) is 8.72. The van der Waals surface area contributed by atoms with Crippen LogP contribution in [-0.2, 0) is 4.79 Å². The third kappa shape index (κ3) is 4.22. The molecule has 4 heterocycles. The second-order valence-electron chi connectivity index (χ2n) is 8.99. The zero-order valence-electron chi connectivity index (χ0n) is 22.6. The van der Waals surface area contributed by atoms with Crippen molar-refractivity contribution >= 4 is 34.7 Å². The SMILES string of the molecule is [2H]C([2H])([2H])CC(=O)c1cnc(NC(=O)C2CC2)cc1Nc1nc(C)cc2c1N(C)[C@H](C)c1cc(F)cnc1-2. The number of hydrogen-bond donors (Lipinski definition) is 2. The number of carbonyl (C=O) groups is 2. The first-order valence-corrected chi connectivity index (χ1v) is 11.4. The number of rotatable bonds is 6. The van der Waals surface area contributed by atoms with Gasteiger partial charge in [-0.05, 0) is 38.8 Å². The maximum Gasteiger partial charge on any atom is 0.228 e. The summed E-state index contributed by atoms with van der Waals surface area (Å²) in [5.74, 6) is -0.611. The molecule has 180 valence electrons. The standard InChI is InChI=1S/C26H27FN6O2/c1-5-21(34)19-12-28-22(32-26(35)15-6-7-15)10-20(19)31-25-24-18(8-13(2)30-25)23-17(14(3)33(24)4)9-16(27)11-29-23/h8-12,14-15H,5-7H2,1-4H3,(H2,28,30,31,32,35)/t14-/m1/s1/i1D3. The molecule has 0 radical (unpaired) electrons. The number of nitrogens with one attached hydrogen (secondary N) is 2. The lowest BCUT2D eigenvalue weighted by molar-refractivity contribution is -0.117. The minimum Gasteiger partial charge on any atom is -0.364 e. The van der Waals surface area contributed by atoms with Crippen LogP contribution in [0, 0.1) is 18.7 Å². The normalized spacial score (nSPS) is 18.0. The van der Waals surface area contributed by atoms with Gasteiger partial charge in [0.1, 0.15) is 11.6 Å². The lowest BCUT2D eigenvalue weighted by Crippen LogP contribution is -2.28. The van der Waals surface area contributed by atoms with Crippen LogP contribution in [0.2, 0.25) is 0 Å². The minimum atomic E-state index is -2.46. The van der Waals surface area contributed by atoms with Gasteiger partial charge in [0.2, 0.25) is 5.91 Å². The number of pyridine rings is 3. The van der Waals surface area contributed by atoms with Crippen molar-refractivity contribution in [2.45, 2.75) is 46.0 Å². The molecule has 0 bridgehead atoms. The Morgan fingerprint density at radius 3 is 2.77 bits per heavy atom. The molecule has 9 heteroatoms. The summed E-state index contributed by atoms with van der Waals surface area (Å²) in [6, 6.07) is 4.62. The Balaban J connectivity index is 1.60. The number of nitrogens with zero attached hydrogens (tertiary/aromatic N) is 4. The number of hydrogen-bond acceptors (Lipinski definition) is 7. The quantitative estimate of drug-likeness (QED) is 0.472. The van der Waals surface area contributed by atoms with E-state index in [0.717, 1.165) is 24.0 Å². The number of aromatic nitrogens is 3. The largest absolute Gasteiger partial charge is 0.364 e. The molecule has 0 unspecified atom stereocenters. The number of carbonyl (C=O) groups excluding carboxylic acids is 2. The van der Waals surface area contributed by atoms with E-state index in [-0.39, 0.29) is 34.9 Å². The molecule has 1 aliphatic carbocycles. The van der Waals surface area contributed by atoms with E-state index >= 15 is 0 Å². The summed E-state index contributed by atoms with van der Waals surface area (Å²) >= 11 is 0. The minimum absolute atomic E-state index is 0.0527. The molecule has 1 saturated carbocycles.